The molecule has 0 aromatic heterocycles. The third-order valence-corrected chi connectivity index (χ3v) is 4.06. The van der Waals surface area contributed by atoms with E-state index >= 15 is 0 Å². The van der Waals surface area contributed by atoms with Crippen LogP contribution in [0.3, 0.4) is 0 Å². The molecule has 5 nitrogen and oxygen atoms in total. The van der Waals surface area contributed by atoms with Crippen molar-refractivity contribution in [2.24, 2.45) is 0 Å². The van der Waals surface area contributed by atoms with Gasteiger partial charge >= 0.3 is 12.1 Å². The predicted molar refractivity (Wildman–Crippen MR) is 91.3 cm³/mol. The fraction of sp³-hybridized carbons (Fsp3) is 0.474. The Bertz CT molecular complexity index is 570. The summed E-state index contributed by atoms with van der Waals surface area (Å²) in [7, 11) is 1.33. The zero-order valence-electron chi connectivity index (χ0n) is 14.3. The summed E-state index contributed by atoms with van der Waals surface area (Å²) in [6.07, 6.45) is 7.01. The number of allylic oxidation sites excluding steroid dienone is 1. The highest BCUT2D eigenvalue weighted by atomic mass is 16.6. The van der Waals surface area contributed by atoms with Crippen molar-refractivity contribution >= 4 is 12.1 Å². The predicted octanol–water partition coefficient (Wildman–Crippen LogP) is 3.69. The first-order chi connectivity index (χ1) is 11.7. The number of carbonyl (C=O) groups excluding carboxylic acids is 2. The average molecular weight is 331 g/mol. The summed E-state index contributed by atoms with van der Waals surface area (Å²) in [4.78, 5) is 25.8. The van der Waals surface area contributed by atoms with Crippen molar-refractivity contribution in [2.45, 2.75) is 51.3 Å². The van der Waals surface area contributed by atoms with Gasteiger partial charge in [-0.15, -0.1) is 0 Å². The van der Waals surface area contributed by atoms with Crippen LogP contribution in [0.25, 0.3) is 0 Å². The Morgan fingerprint density at radius 2 is 2.04 bits per heavy atom. The van der Waals surface area contributed by atoms with E-state index in [0.29, 0.717) is 6.54 Å². The van der Waals surface area contributed by atoms with Crippen molar-refractivity contribution in [1.82, 2.24) is 4.90 Å². The van der Waals surface area contributed by atoms with E-state index in [-0.39, 0.29) is 0 Å². The molecule has 2 atom stereocenters. The second-order valence-electron chi connectivity index (χ2n) is 5.85. The molecule has 0 radical (unpaired) electrons. The lowest BCUT2D eigenvalue weighted by molar-refractivity contribution is -0.146. The molecule has 5 heteroatoms. The van der Waals surface area contributed by atoms with Crippen LogP contribution in [0.2, 0.25) is 0 Å². The van der Waals surface area contributed by atoms with Gasteiger partial charge in [0.25, 0.3) is 0 Å². The molecule has 0 aliphatic carbocycles. The lowest BCUT2D eigenvalue weighted by atomic mass is 10.1. The van der Waals surface area contributed by atoms with Crippen LogP contribution in [0.5, 0.6) is 0 Å². The maximum absolute atomic E-state index is 12.2. The Morgan fingerprint density at radius 3 is 2.71 bits per heavy atom. The van der Waals surface area contributed by atoms with Crippen LogP contribution in [-0.4, -0.2) is 36.2 Å². The van der Waals surface area contributed by atoms with Gasteiger partial charge in [-0.25, -0.2) is 9.59 Å². The largest absolute Gasteiger partial charge is 0.467 e. The summed E-state index contributed by atoms with van der Waals surface area (Å²) < 4.78 is 10.3. The minimum Gasteiger partial charge on any atom is -0.467 e. The molecule has 1 aromatic rings. The number of ether oxygens (including phenoxy) is 2. The maximum Gasteiger partial charge on any atom is 0.411 e. The number of rotatable bonds is 8. The zero-order valence-corrected chi connectivity index (χ0v) is 14.3. The van der Waals surface area contributed by atoms with Gasteiger partial charge in [-0.1, -0.05) is 56.2 Å². The van der Waals surface area contributed by atoms with Crippen LogP contribution in [0.1, 0.15) is 38.2 Å². The quantitative estimate of drug-likeness (QED) is 0.414. The van der Waals surface area contributed by atoms with Gasteiger partial charge in [0.05, 0.1) is 13.7 Å². The Morgan fingerprint density at radius 1 is 1.29 bits per heavy atom. The van der Waals surface area contributed by atoms with E-state index in [0.717, 1.165) is 31.2 Å². The van der Waals surface area contributed by atoms with E-state index in [1.807, 2.05) is 36.4 Å². The summed E-state index contributed by atoms with van der Waals surface area (Å²) in [5.74, 6) is -0.458. The first-order valence-corrected chi connectivity index (χ1v) is 8.43. The second-order valence-corrected chi connectivity index (χ2v) is 5.85. The molecule has 0 bridgehead atoms. The first kappa shape index (κ1) is 18.0. The van der Waals surface area contributed by atoms with E-state index in [2.05, 4.69) is 6.92 Å². The molecule has 1 aromatic carbocycles. The Hall–Kier alpha value is -2.30. The highest BCUT2D eigenvalue weighted by molar-refractivity contribution is 5.85. The van der Waals surface area contributed by atoms with Crippen molar-refractivity contribution in [1.29, 1.82) is 0 Å². The lowest BCUT2D eigenvalue weighted by Crippen LogP contribution is -2.42. The highest BCUT2D eigenvalue weighted by Gasteiger charge is 2.45. The van der Waals surface area contributed by atoms with E-state index in [4.69, 9.17) is 9.47 Å². The SMILES string of the molecule is CCCCC/C=C/[C@@H]1OC(=O)N(Cc2ccccc2)[C@@H]1C(=O)OC. The summed E-state index contributed by atoms with van der Waals surface area (Å²) in [5, 5.41) is 0. The van der Waals surface area contributed by atoms with E-state index in [9.17, 15) is 9.59 Å². The van der Waals surface area contributed by atoms with Crippen LogP contribution in [-0.2, 0) is 20.8 Å². The van der Waals surface area contributed by atoms with Crippen molar-refractivity contribution < 1.29 is 19.1 Å². The molecule has 0 spiro atoms. The summed E-state index contributed by atoms with van der Waals surface area (Å²) in [6, 6.07) is 8.78. The Balaban J connectivity index is 2.09. The number of amides is 1. The van der Waals surface area contributed by atoms with Gasteiger partial charge in [-0.2, -0.15) is 0 Å². The molecular formula is C19H25NO4. The number of cyclic esters (lactones) is 1. The van der Waals surface area contributed by atoms with E-state index < -0.39 is 24.2 Å². The summed E-state index contributed by atoms with van der Waals surface area (Å²) in [6.45, 7) is 2.47. The van der Waals surface area contributed by atoms with Gasteiger partial charge in [-0.3, -0.25) is 4.90 Å². The molecule has 1 aliphatic heterocycles. The molecule has 130 valence electrons. The summed E-state index contributed by atoms with van der Waals surface area (Å²) in [5.41, 5.74) is 0.941. The van der Waals surface area contributed by atoms with Crippen LogP contribution in [0.4, 0.5) is 4.79 Å². The fourth-order valence-corrected chi connectivity index (χ4v) is 2.75. The molecule has 0 N–H and O–H groups in total. The monoisotopic (exact) mass is 331 g/mol. The van der Waals surface area contributed by atoms with Crippen molar-refractivity contribution in [3.63, 3.8) is 0 Å². The zero-order chi connectivity index (χ0) is 17.4. The van der Waals surface area contributed by atoms with Crippen LogP contribution < -0.4 is 0 Å². The molecule has 1 aliphatic rings. The minimum absolute atomic E-state index is 0.319. The Kier molecular flexibility index (Phi) is 6.85. The molecule has 1 heterocycles. The van der Waals surface area contributed by atoms with Crippen molar-refractivity contribution in [3.8, 4) is 0 Å². The van der Waals surface area contributed by atoms with Gasteiger partial charge in [0.1, 0.15) is 0 Å². The van der Waals surface area contributed by atoms with Crippen molar-refractivity contribution in [2.75, 3.05) is 7.11 Å². The van der Waals surface area contributed by atoms with Gasteiger partial charge < -0.3 is 9.47 Å². The number of unbranched alkanes of at least 4 members (excludes halogenated alkanes) is 3. The van der Waals surface area contributed by atoms with Crippen LogP contribution >= 0.6 is 0 Å². The normalized spacial score (nSPS) is 20.4. The molecular weight excluding hydrogens is 306 g/mol. The maximum atomic E-state index is 12.2. The molecule has 1 saturated heterocycles. The van der Waals surface area contributed by atoms with Crippen LogP contribution in [0, 0.1) is 0 Å². The molecule has 24 heavy (non-hydrogen) atoms. The Labute approximate surface area is 143 Å². The smallest absolute Gasteiger partial charge is 0.411 e. The molecule has 1 fully saturated rings. The molecule has 2 rings (SSSR count). The number of hydrogen-bond donors (Lipinski definition) is 0. The number of benzene rings is 1. The van der Waals surface area contributed by atoms with E-state index in [1.165, 1.54) is 12.0 Å². The van der Waals surface area contributed by atoms with Gasteiger partial charge in [-0.05, 0) is 24.5 Å². The summed E-state index contributed by atoms with van der Waals surface area (Å²) >= 11 is 0. The van der Waals surface area contributed by atoms with Gasteiger partial charge in [0.15, 0.2) is 12.1 Å². The molecule has 0 unspecified atom stereocenters. The number of methoxy groups -OCH3 is 1. The van der Waals surface area contributed by atoms with Gasteiger partial charge in [0, 0.05) is 0 Å². The minimum atomic E-state index is -0.745. The fourth-order valence-electron chi connectivity index (χ4n) is 2.75. The van der Waals surface area contributed by atoms with Crippen LogP contribution in [0.15, 0.2) is 42.5 Å². The molecule has 0 saturated carbocycles. The van der Waals surface area contributed by atoms with Gasteiger partial charge in [0.2, 0.25) is 0 Å². The van der Waals surface area contributed by atoms with Crippen molar-refractivity contribution in [3.05, 3.63) is 48.0 Å². The third-order valence-electron chi connectivity index (χ3n) is 4.06. The number of hydrogen-bond acceptors (Lipinski definition) is 4. The average Bonchev–Trinajstić information content (AvgIpc) is 2.90. The third kappa shape index (κ3) is 4.60. The topological polar surface area (TPSA) is 55.8 Å². The standard InChI is InChI=1S/C19H25NO4/c1-3-4-5-6-10-13-16-17(18(21)23-2)20(19(22)24-16)14-15-11-8-7-9-12-15/h7-13,16-17H,3-6,14H2,1-2H3/b13-10+/t16-,17-/m0/s1. The number of esters is 1. The number of nitrogens with zero attached hydrogens (tertiary/aromatic N) is 1. The number of carbonyl (C=O) groups is 2. The second kappa shape index (κ2) is 9.11. The first-order valence-electron chi connectivity index (χ1n) is 8.43. The highest BCUT2D eigenvalue weighted by Crippen LogP contribution is 2.24. The van der Waals surface area contributed by atoms with E-state index in [1.54, 1.807) is 6.08 Å². The lowest BCUT2D eigenvalue weighted by Gasteiger charge is -2.21. The molecule has 1 amide bonds.